The lowest BCUT2D eigenvalue weighted by Crippen LogP contribution is -2.32. The number of rotatable bonds is 7. The van der Waals surface area contributed by atoms with Gasteiger partial charge in [0.1, 0.15) is 12.1 Å². The molecule has 0 heterocycles. The van der Waals surface area contributed by atoms with E-state index < -0.39 is 18.1 Å². The van der Waals surface area contributed by atoms with Gasteiger partial charge in [0, 0.05) is 13.0 Å². The molecule has 0 radical (unpaired) electrons. The van der Waals surface area contributed by atoms with Crippen LogP contribution in [0.15, 0.2) is 0 Å². The van der Waals surface area contributed by atoms with Crippen LogP contribution in [0, 0.1) is 0 Å². The van der Waals surface area contributed by atoms with Crippen LogP contribution in [-0.2, 0) is 9.59 Å². The van der Waals surface area contributed by atoms with Crippen LogP contribution in [0.25, 0.3) is 0 Å². The molecule has 8 nitrogen and oxygen atoms in total. The highest BCUT2D eigenvalue weighted by Crippen LogP contribution is 1.94. The Labute approximate surface area is 105 Å². The van der Waals surface area contributed by atoms with E-state index in [0.29, 0.717) is 6.54 Å². The van der Waals surface area contributed by atoms with E-state index in [1.54, 1.807) is 6.92 Å². The average molecular weight is 266 g/mol. The third-order valence-electron chi connectivity index (χ3n) is 1.80. The summed E-state index contributed by atoms with van der Waals surface area (Å²) >= 11 is 0. The Morgan fingerprint density at radius 2 is 1.78 bits per heavy atom. The Bertz CT molecular complexity index is 232. The molecule has 1 amide bonds. The number of aliphatic carboxylic acids is 1. The molecular formula is C10H22N2O6. The van der Waals surface area contributed by atoms with Crippen molar-refractivity contribution in [1.82, 2.24) is 5.32 Å². The number of hydrogen-bond donors (Lipinski definition) is 6. The highest BCUT2D eigenvalue weighted by atomic mass is 16.4. The minimum absolute atomic E-state index is 0.158. The van der Waals surface area contributed by atoms with Crippen LogP contribution in [0.4, 0.5) is 0 Å². The van der Waals surface area contributed by atoms with Crippen molar-refractivity contribution in [2.24, 2.45) is 5.73 Å². The van der Waals surface area contributed by atoms with E-state index in [9.17, 15) is 9.59 Å². The lowest BCUT2D eigenvalue weighted by molar-refractivity contribution is -0.138. The topological polar surface area (TPSA) is 153 Å². The summed E-state index contributed by atoms with van der Waals surface area (Å²) in [5, 5.41) is 34.9. The number of carboxylic acid groups (broad SMARTS) is 1. The molecule has 0 unspecified atom stereocenters. The Morgan fingerprint density at radius 3 is 2.06 bits per heavy atom. The highest BCUT2D eigenvalue weighted by Gasteiger charge is 2.12. The largest absolute Gasteiger partial charge is 0.480 e. The summed E-state index contributed by atoms with van der Waals surface area (Å²) in [6.45, 7) is 1.63. The quantitative estimate of drug-likeness (QED) is 0.301. The number of aliphatic hydroxyl groups excluding tert-OH is 3. The third kappa shape index (κ3) is 12.8. The van der Waals surface area contributed by atoms with Gasteiger partial charge in [-0.15, -0.1) is 0 Å². The SMILES string of the molecule is CCNC(=O)CC[C@H](N)C(=O)O.OCC(O)CO. The Balaban J connectivity index is 0. The van der Waals surface area contributed by atoms with Crippen LogP contribution in [-0.4, -0.2) is 64.2 Å². The van der Waals surface area contributed by atoms with Gasteiger partial charge < -0.3 is 31.5 Å². The standard InChI is InChI=1S/C7H14N2O3.C3H8O3/c1-2-9-6(10)4-3-5(8)7(11)12;4-1-3(6)2-5/h5H,2-4,8H2,1H3,(H,9,10)(H,11,12);3-6H,1-2H2/t5-;/m0./s1. The summed E-state index contributed by atoms with van der Waals surface area (Å²) in [5.74, 6) is -1.23. The lowest BCUT2D eigenvalue weighted by atomic mass is 10.1. The zero-order valence-electron chi connectivity index (χ0n) is 10.4. The van der Waals surface area contributed by atoms with Crippen molar-refractivity contribution < 1.29 is 30.0 Å². The molecule has 0 rings (SSSR count). The molecule has 0 saturated carbocycles. The summed E-state index contributed by atoms with van der Waals surface area (Å²) in [5.41, 5.74) is 5.18. The molecule has 0 aromatic carbocycles. The second kappa shape index (κ2) is 12.2. The first-order valence-electron chi connectivity index (χ1n) is 5.53. The number of hydrogen-bond acceptors (Lipinski definition) is 6. The number of nitrogens with two attached hydrogens (primary N) is 1. The number of nitrogens with one attached hydrogen (secondary N) is 1. The second-order valence-corrected chi connectivity index (χ2v) is 3.46. The molecule has 0 aromatic heterocycles. The van der Waals surface area contributed by atoms with Crippen LogP contribution in [0.1, 0.15) is 19.8 Å². The number of carbonyl (C=O) groups is 2. The van der Waals surface area contributed by atoms with Gasteiger partial charge in [-0.1, -0.05) is 0 Å². The van der Waals surface area contributed by atoms with Gasteiger partial charge in [-0.25, -0.2) is 0 Å². The van der Waals surface area contributed by atoms with Gasteiger partial charge in [-0.05, 0) is 13.3 Å². The van der Waals surface area contributed by atoms with Crippen molar-refractivity contribution in [2.75, 3.05) is 19.8 Å². The van der Waals surface area contributed by atoms with Gasteiger partial charge in [0.2, 0.25) is 5.91 Å². The summed E-state index contributed by atoms with van der Waals surface area (Å²) in [6.07, 6.45) is -0.604. The van der Waals surface area contributed by atoms with Crippen molar-refractivity contribution in [2.45, 2.75) is 31.9 Å². The molecule has 1 atom stereocenters. The first-order valence-corrected chi connectivity index (χ1v) is 5.53. The van der Waals surface area contributed by atoms with Gasteiger partial charge in [0.05, 0.1) is 13.2 Å². The molecule has 0 saturated heterocycles. The van der Waals surface area contributed by atoms with E-state index in [-0.39, 0.29) is 32.0 Å². The van der Waals surface area contributed by atoms with E-state index in [2.05, 4.69) is 5.32 Å². The van der Waals surface area contributed by atoms with Crippen molar-refractivity contribution in [3.63, 3.8) is 0 Å². The predicted octanol–water partition coefficient (Wildman–Crippen LogP) is -2.35. The first-order chi connectivity index (χ1) is 8.38. The minimum Gasteiger partial charge on any atom is -0.480 e. The van der Waals surface area contributed by atoms with E-state index in [0.717, 1.165) is 0 Å². The smallest absolute Gasteiger partial charge is 0.320 e. The maximum atomic E-state index is 10.8. The Kier molecular flexibility index (Phi) is 13.0. The molecule has 0 bridgehead atoms. The summed E-state index contributed by atoms with van der Waals surface area (Å²) in [6, 6.07) is -0.937. The fourth-order valence-electron chi connectivity index (χ4n) is 0.753. The zero-order chi connectivity index (χ0) is 14.6. The monoisotopic (exact) mass is 266 g/mol. The normalized spacial score (nSPS) is 11.4. The number of carbonyl (C=O) groups excluding carboxylic acids is 1. The fraction of sp³-hybridized carbons (Fsp3) is 0.800. The summed E-state index contributed by atoms with van der Waals surface area (Å²) < 4.78 is 0. The first kappa shape index (κ1) is 19.1. The second-order valence-electron chi connectivity index (χ2n) is 3.46. The van der Waals surface area contributed by atoms with Crippen LogP contribution >= 0.6 is 0 Å². The molecule has 0 spiro atoms. The zero-order valence-corrected chi connectivity index (χ0v) is 10.4. The molecule has 0 aliphatic rings. The summed E-state index contributed by atoms with van der Waals surface area (Å²) in [4.78, 5) is 21.0. The van der Waals surface area contributed by atoms with E-state index >= 15 is 0 Å². The Morgan fingerprint density at radius 1 is 1.28 bits per heavy atom. The molecule has 0 fully saturated rings. The van der Waals surface area contributed by atoms with E-state index in [4.69, 9.17) is 26.2 Å². The fourth-order valence-corrected chi connectivity index (χ4v) is 0.753. The van der Waals surface area contributed by atoms with Crippen LogP contribution in [0.2, 0.25) is 0 Å². The van der Waals surface area contributed by atoms with Gasteiger partial charge >= 0.3 is 5.97 Å². The van der Waals surface area contributed by atoms with Crippen molar-refractivity contribution in [3.8, 4) is 0 Å². The molecule has 108 valence electrons. The molecule has 0 aliphatic heterocycles. The van der Waals surface area contributed by atoms with Crippen LogP contribution < -0.4 is 11.1 Å². The van der Waals surface area contributed by atoms with Gasteiger partial charge in [-0.3, -0.25) is 9.59 Å². The molecular weight excluding hydrogens is 244 g/mol. The molecule has 0 aliphatic carbocycles. The Hall–Kier alpha value is -1.22. The third-order valence-corrected chi connectivity index (χ3v) is 1.80. The predicted molar refractivity (Wildman–Crippen MR) is 63.7 cm³/mol. The molecule has 7 N–H and O–H groups in total. The average Bonchev–Trinajstić information content (AvgIpc) is 2.35. The number of carboxylic acids is 1. The molecule has 8 heteroatoms. The molecule has 18 heavy (non-hydrogen) atoms. The maximum absolute atomic E-state index is 10.8. The van der Waals surface area contributed by atoms with Gasteiger partial charge in [0.15, 0.2) is 0 Å². The number of aliphatic hydroxyl groups is 3. The number of amides is 1. The van der Waals surface area contributed by atoms with Crippen molar-refractivity contribution >= 4 is 11.9 Å². The minimum atomic E-state index is -1.07. The van der Waals surface area contributed by atoms with E-state index in [1.807, 2.05) is 0 Å². The van der Waals surface area contributed by atoms with Crippen molar-refractivity contribution in [1.29, 1.82) is 0 Å². The lowest BCUT2D eigenvalue weighted by Gasteiger charge is -2.05. The van der Waals surface area contributed by atoms with Gasteiger partial charge in [0.25, 0.3) is 0 Å². The van der Waals surface area contributed by atoms with Gasteiger partial charge in [-0.2, -0.15) is 0 Å². The van der Waals surface area contributed by atoms with Crippen LogP contribution in [0.5, 0.6) is 0 Å². The summed E-state index contributed by atoms with van der Waals surface area (Å²) in [7, 11) is 0. The van der Waals surface area contributed by atoms with Crippen molar-refractivity contribution in [3.05, 3.63) is 0 Å². The highest BCUT2D eigenvalue weighted by molar-refractivity contribution is 5.78. The molecule has 0 aromatic rings. The maximum Gasteiger partial charge on any atom is 0.320 e. The van der Waals surface area contributed by atoms with Crippen LogP contribution in [0.3, 0.4) is 0 Å². The van der Waals surface area contributed by atoms with E-state index in [1.165, 1.54) is 0 Å².